The predicted molar refractivity (Wildman–Crippen MR) is 131 cm³/mol. The molecule has 1 aliphatic rings. The highest BCUT2D eigenvalue weighted by molar-refractivity contribution is 5.79. The van der Waals surface area contributed by atoms with E-state index in [1.54, 1.807) is 23.9 Å². The average molecular weight is 454 g/mol. The first-order chi connectivity index (χ1) is 16.7. The summed E-state index contributed by atoms with van der Waals surface area (Å²) in [5.41, 5.74) is 5.04. The van der Waals surface area contributed by atoms with E-state index in [0.717, 1.165) is 40.2 Å². The minimum atomic E-state index is 0.497. The van der Waals surface area contributed by atoms with Gasteiger partial charge in [-0.25, -0.2) is 9.50 Å². The average Bonchev–Trinajstić information content (AvgIpc) is 3.32. The maximum atomic E-state index is 9.23. The van der Waals surface area contributed by atoms with Crippen LogP contribution < -0.4 is 9.47 Å². The van der Waals surface area contributed by atoms with E-state index in [0.29, 0.717) is 17.9 Å². The van der Waals surface area contributed by atoms with Gasteiger partial charge in [-0.2, -0.15) is 10.4 Å². The highest BCUT2D eigenvalue weighted by atomic mass is 16.5. The molecule has 3 heterocycles. The first-order valence-electron chi connectivity index (χ1n) is 11.6. The van der Waals surface area contributed by atoms with Gasteiger partial charge in [0, 0.05) is 30.1 Å². The second kappa shape index (κ2) is 9.94. The summed E-state index contributed by atoms with van der Waals surface area (Å²) in [6.07, 6.45) is 9.56. The molecule has 5 rings (SSSR count). The smallest absolute Gasteiger partial charge is 0.162 e. The molecule has 0 N–H and O–H groups in total. The summed E-state index contributed by atoms with van der Waals surface area (Å²) in [5.74, 6) is 1.42. The fraction of sp³-hybridized carbons (Fsp3) is 0.296. The zero-order chi connectivity index (χ0) is 23.3. The molecule has 1 fully saturated rings. The van der Waals surface area contributed by atoms with Gasteiger partial charge in [0.1, 0.15) is 24.2 Å². The number of ether oxygens (including phenoxy) is 2. The number of nitrogens with zero attached hydrogens (tertiary/aromatic N) is 5. The molecule has 2 aromatic heterocycles. The van der Waals surface area contributed by atoms with Crippen molar-refractivity contribution in [1.29, 1.82) is 5.26 Å². The van der Waals surface area contributed by atoms with Crippen LogP contribution in [0.15, 0.2) is 61.1 Å². The number of piperidine rings is 1. The van der Waals surface area contributed by atoms with Crippen LogP contribution in [0.25, 0.3) is 27.9 Å². The van der Waals surface area contributed by atoms with Crippen LogP contribution in [0.1, 0.15) is 24.8 Å². The summed E-state index contributed by atoms with van der Waals surface area (Å²) in [5, 5.41) is 13.7. The van der Waals surface area contributed by atoms with E-state index in [2.05, 4.69) is 33.2 Å². The lowest BCUT2D eigenvalue weighted by Crippen LogP contribution is -2.33. The summed E-state index contributed by atoms with van der Waals surface area (Å²) in [6, 6.07) is 15.7. The Bertz CT molecular complexity index is 1320. The molecule has 7 nitrogen and oxygen atoms in total. The Morgan fingerprint density at radius 3 is 2.53 bits per heavy atom. The van der Waals surface area contributed by atoms with E-state index in [1.165, 1.54) is 32.4 Å². The molecule has 2 aromatic carbocycles. The highest BCUT2D eigenvalue weighted by Crippen LogP contribution is 2.30. The van der Waals surface area contributed by atoms with Gasteiger partial charge in [-0.05, 0) is 61.3 Å². The van der Waals surface area contributed by atoms with Crippen LogP contribution in [-0.4, -0.2) is 52.8 Å². The first-order valence-corrected chi connectivity index (χ1v) is 11.6. The van der Waals surface area contributed by atoms with Crippen molar-refractivity contribution in [2.24, 2.45) is 0 Å². The molecule has 0 spiro atoms. The molecule has 1 aliphatic heterocycles. The Labute approximate surface area is 199 Å². The van der Waals surface area contributed by atoms with Crippen LogP contribution in [0, 0.1) is 11.3 Å². The van der Waals surface area contributed by atoms with Crippen molar-refractivity contribution in [2.75, 3.05) is 33.4 Å². The summed E-state index contributed by atoms with van der Waals surface area (Å²) in [6.45, 7) is 4.06. The van der Waals surface area contributed by atoms with Crippen molar-refractivity contribution >= 4 is 5.65 Å². The zero-order valence-electron chi connectivity index (χ0n) is 19.3. The first kappa shape index (κ1) is 21.9. The third kappa shape index (κ3) is 4.59. The van der Waals surface area contributed by atoms with Crippen LogP contribution >= 0.6 is 0 Å². The molecule has 0 atom stereocenters. The van der Waals surface area contributed by atoms with Gasteiger partial charge >= 0.3 is 0 Å². The lowest BCUT2D eigenvalue weighted by atomic mass is 10.1. The van der Waals surface area contributed by atoms with E-state index < -0.39 is 0 Å². The molecule has 0 saturated carbocycles. The van der Waals surface area contributed by atoms with E-state index in [4.69, 9.17) is 9.47 Å². The number of fused-ring (bicyclic) bond motifs is 1. The van der Waals surface area contributed by atoms with Crippen LogP contribution in [0.4, 0.5) is 0 Å². The lowest BCUT2D eigenvalue weighted by molar-refractivity contribution is 0.183. The molecule has 0 unspecified atom stereocenters. The Morgan fingerprint density at radius 1 is 0.971 bits per heavy atom. The second-order valence-electron chi connectivity index (χ2n) is 8.47. The summed E-state index contributed by atoms with van der Waals surface area (Å²) in [7, 11) is 1.56. The zero-order valence-corrected chi connectivity index (χ0v) is 19.3. The molecular formula is C27H27N5O2. The van der Waals surface area contributed by atoms with Gasteiger partial charge in [-0.3, -0.25) is 4.90 Å². The number of rotatable bonds is 7. The van der Waals surface area contributed by atoms with Gasteiger partial charge in [0.2, 0.25) is 0 Å². The molecule has 34 heavy (non-hydrogen) atoms. The molecule has 7 heteroatoms. The van der Waals surface area contributed by atoms with Crippen LogP contribution in [0.3, 0.4) is 0 Å². The quantitative estimate of drug-likeness (QED) is 0.400. The van der Waals surface area contributed by atoms with Crippen molar-refractivity contribution in [2.45, 2.75) is 19.3 Å². The van der Waals surface area contributed by atoms with Crippen molar-refractivity contribution in [3.05, 3.63) is 66.6 Å². The van der Waals surface area contributed by atoms with Gasteiger partial charge < -0.3 is 9.47 Å². The van der Waals surface area contributed by atoms with E-state index >= 15 is 0 Å². The molecular weight excluding hydrogens is 426 g/mol. The maximum absolute atomic E-state index is 9.23. The largest absolute Gasteiger partial charge is 0.495 e. The fourth-order valence-corrected chi connectivity index (χ4v) is 4.40. The Kier molecular flexibility index (Phi) is 6.41. The minimum Gasteiger partial charge on any atom is -0.495 e. The number of hydrogen-bond acceptors (Lipinski definition) is 6. The second-order valence-corrected chi connectivity index (χ2v) is 8.47. The Hall–Kier alpha value is -3.89. The number of benzene rings is 2. The van der Waals surface area contributed by atoms with Crippen molar-refractivity contribution in [1.82, 2.24) is 19.5 Å². The fourth-order valence-electron chi connectivity index (χ4n) is 4.40. The van der Waals surface area contributed by atoms with E-state index in [9.17, 15) is 5.26 Å². The number of methoxy groups -OCH3 is 1. The van der Waals surface area contributed by atoms with Crippen molar-refractivity contribution in [3.63, 3.8) is 0 Å². The number of likely N-dealkylation sites (tertiary alicyclic amines) is 1. The molecule has 4 aromatic rings. The SMILES string of the molecule is COc1cc(-c2cnn3cc(-c4ccc(OCCN5CCCCC5)cc4)cnc23)ccc1C#N. The van der Waals surface area contributed by atoms with E-state index in [-0.39, 0.29) is 0 Å². The van der Waals surface area contributed by atoms with Crippen LogP contribution in [0.2, 0.25) is 0 Å². The Morgan fingerprint density at radius 2 is 1.76 bits per heavy atom. The van der Waals surface area contributed by atoms with E-state index in [1.807, 2.05) is 36.7 Å². The lowest BCUT2D eigenvalue weighted by Gasteiger charge is -2.26. The predicted octanol–water partition coefficient (Wildman–Crippen LogP) is 4.81. The number of nitriles is 1. The van der Waals surface area contributed by atoms with Crippen molar-refractivity contribution in [3.8, 4) is 39.8 Å². The molecule has 0 aliphatic carbocycles. The van der Waals surface area contributed by atoms with Gasteiger partial charge in [0.25, 0.3) is 0 Å². The molecule has 1 saturated heterocycles. The van der Waals surface area contributed by atoms with Crippen LogP contribution in [-0.2, 0) is 0 Å². The topological polar surface area (TPSA) is 75.7 Å². The standard InChI is InChI=1S/C27H27N5O2/c1-33-26-15-21(5-6-22(26)16-28)25-18-30-32-19-23(17-29-27(25)32)20-7-9-24(10-8-20)34-14-13-31-11-3-2-4-12-31/h5-10,15,17-19H,2-4,11-14H2,1H3. The normalized spacial score (nSPS) is 14.1. The van der Waals surface area contributed by atoms with Gasteiger partial charge in [0.15, 0.2) is 5.65 Å². The van der Waals surface area contributed by atoms with Crippen molar-refractivity contribution < 1.29 is 9.47 Å². The van der Waals surface area contributed by atoms with Crippen LogP contribution in [0.5, 0.6) is 11.5 Å². The van der Waals surface area contributed by atoms with Gasteiger partial charge in [-0.15, -0.1) is 0 Å². The third-order valence-electron chi connectivity index (χ3n) is 6.30. The van der Waals surface area contributed by atoms with Gasteiger partial charge in [-0.1, -0.05) is 24.6 Å². The highest BCUT2D eigenvalue weighted by Gasteiger charge is 2.13. The molecule has 0 bridgehead atoms. The molecule has 0 radical (unpaired) electrons. The molecule has 0 amide bonds. The summed E-state index contributed by atoms with van der Waals surface area (Å²) >= 11 is 0. The minimum absolute atomic E-state index is 0.497. The summed E-state index contributed by atoms with van der Waals surface area (Å²) < 4.78 is 13.1. The Balaban J connectivity index is 1.30. The number of aromatic nitrogens is 3. The monoisotopic (exact) mass is 453 g/mol. The number of hydrogen-bond donors (Lipinski definition) is 0. The molecule has 172 valence electrons. The maximum Gasteiger partial charge on any atom is 0.162 e. The summed E-state index contributed by atoms with van der Waals surface area (Å²) in [4.78, 5) is 7.15. The van der Waals surface area contributed by atoms with Gasteiger partial charge in [0.05, 0.1) is 18.9 Å². The third-order valence-corrected chi connectivity index (χ3v) is 6.30.